The smallest absolute Gasteiger partial charge is 0.193 e. The molecule has 0 bridgehead atoms. The number of aliphatic imine (C=N–C) groups is 1. The molecule has 158 valence electrons. The van der Waals surface area contributed by atoms with Crippen molar-refractivity contribution >= 4 is 29.9 Å². The van der Waals surface area contributed by atoms with Gasteiger partial charge in [0.1, 0.15) is 0 Å². The van der Waals surface area contributed by atoms with E-state index in [9.17, 15) is 0 Å². The van der Waals surface area contributed by atoms with E-state index in [1.807, 2.05) is 0 Å². The molecule has 3 rings (SSSR count). The van der Waals surface area contributed by atoms with Gasteiger partial charge in [-0.15, -0.1) is 24.0 Å². The number of hydrogen-bond acceptors (Lipinski definition) is 2. The fourth-order valence-electron chi connectivity index (χ4n) is 4.51. The van der Waals surface area contributed by atoms with Crippen LogP contribution in [0.15, 0.2) is 35.3 Å². The Morgan fingerprint density at radius 3 is 2.43 bits per heavy atom. The summed E-state index contributed by atoms with van der Waals surface area (Å²) >= 11 is 0. The molecule has 0 radical (unpaired) electrons. The molecule has 4 nitrogen and oxygen atoms in total. The Morgan fingerprint density at radius 1 is 1.04 bits per heavy atom. The molecule has 1 unspecified atom stereocenters. The van der Waals surface area contributed by atoms with Crippen molar-refractivity contribution in [2.75, 3.05) is 45.8 Å². The highest BCUT2D eigenvalue weighted by Gasteiger charge is 2.25. The number of benzene rings is 1. The highest BCUT2D eigenvalue weighted by Crippen LogP contribution is 2.22. The first-order valence-electron chi connectivity index (χ1n) is 11.1. The van der Waals surface area contributed by atoms with E-state index in [1.165, 1.54) is 57.3 Å². The van der Waals surface area contributed by atoms with Gasteiger partial charge in [-0.05, 0) is 76.1 Å². The maximum absolute atomic E-state index is 4.99. The molecule has 1 aromatic carbocycles. The molecule has 0 saturated carbocycles. The highest BCUT2D eigenvalue weighted by molar-refractivity contribution is 14.0. The van der Waals surface area contributed by atoms with Crippen LogP contribution >= 0.6 is 24.0 Å². The zero-order valence-corrected chi connectivity index (χ0v) is 20.1. The summed E-state index contributed by atoms with van der Waals surface area (Å²) in [7, 11) is 0. The molecule has 2 aliphatic rings. The van der Waals surface area contributed by atoms with E-state index in [0.717, 1.165) is 44.0 Å². The summed E-state index contributed by atoms with van der Waals surface area (Å²) in [5, 5.41) is 3.53. The van der Waals surface area contributed by atoms with Gasteiger partial charge in [-0.3, -0.25) is 4.99 Å². The van der Waals surface area contributed by atoms with E-state index in [-0.39, 0.29) is 24.0 Å². The Bertz CT molecular complexity index is 569. The van der Waals surface area contributed by atoms with Crippen LogP contribution in [0.25, 0.3) is 0 Å². The Labute approximate surface area is 189 Å². The minimum atomic E-state index is 0. The maximum Gasteiger partial charge on any atom is 0.193 e. The van der Waals surface area contributed by atoms with Gasteiger partial charge in [-0.2, -0.15) is 0 Å². The van der Waals surface area contributed by atoms with Crippen molar-refractivity contribution in [3.8, 4) is 0 Å². The molecule has 2 heterocycles. The van der Waals surface area contributed by atoms with Crippen LogP contribution in [0.5, 0.6) is 0 Å². The Hall–Kier alpha value is -0.820. The van der Waals surface area contributed by atoms with Gasteiger partial charge < -0.3 is 15.1 Å². The van der Waals surface area contributed by atoms with Crippen LogP contribution < -0.4 is 5.32 Å². The third-order valence-corrected chi connectivity index (χ3v) is 6.24. The van der Waals surface area contributed by atoms with Crippen LogP contribution in [-0.2, 0) is 6.42 Å². The number of likely N-dealkylation sites (tertiary alicyclic amines) is 2. The van der Waals surface area contributed by atoms with Gasteiger partial charge in [0.25, 0.3) is 0 Å². The Kier molecular flexibility index (Phi) is 10.6. The lowest BCUT2D eigenvalue weighted by Gasteiger charge is -2.30. The zero-order valence-electron chi connectivity index (χ0n) is 17.8. The second-order valence-electron chi connectivity index (χ2n) is 8.19. The standard InChI is InChI=1S/C23H38N4.HI/c1-3-24-23(25-14-10-20-11-15-26(4-2)16-12-20)27-17-13-22(19-27)18-21-8-6-5-7-9-21;/h5-9,20,22H,3-4,10-19H2,1-2H3,(H,24,25);1H. The fraction of sp³-hybridized carbons (Fsp3) is 0.696. The van der Waals surface area contributed by atoms with Gasteiger partial charge in [-0.25, -0.2) is 0 Å². The minimum absolute atomic E-state index is 0. The summed E-state index contributed by atoms with van der Waals surface area (Å²) in [6.07, 6.45) is 6.40. The number of nitrogens with one attached hydrogen (secondary N) is 1. The minimum Gasteiger partial charge on any atom is -0.357 e. The van der Waals surface area contributed by atoms with Gasteiger partial charge in [0.05, 0.1) is 0 Å². The van der Waals surface area contributed by atoms with Crippen molar-refractivity contribution in [1.29, 1.82) is 0 Å². The van der Waals surface area contributed by atoms with E-state index >= 15 is 0 Å². The lowest BCUT2D eigenvalue weighted by atomic mass is 9.94. The molecule has 2 aliphatic heterocycles. The number of rotatable bonds is 7. The molecule has 28 heavy (non-hydrogen) atoms. The topological polar surface area (TPSA) is 30.9 Å². The highest BCUT2D eigenvalue weighted by atomic mass is 127. The second kappa shape index (κ2) is 12.7. The van der Waals surface area contributed by atoms with E-state index < -0.39 is 0 Å². The summed E-state index contributed by atoms with van der Waals surface area (Å²) in [5.41, 5.74) is 1.46. The SMILES string of the molecule is CCNC(=NCCC1CCN(CC)CC1)N1CCC(Cc2ccccc2)C1.I. The molecule has 2 saturated heterocycles. The van der Waals surface area contributed by atoms with Crippen LogP contribution in [0.3, 0.4) is 0 Å². The van der Waals surface area contributed by atoms with E-state index in [1.54, 1.807) is 0 Å². The van der Waals surface area contributed by atoms with Crippen LogP contribution in [0.1, 0.15) is 45.1 Å². The Morgan fingerprint density at radius 2 is 1.75 bits per heavy atom. The monoisotopic (exact) mass is 498 g/mol. The van der Waals surface area contributed by atoms with Gasteiger partial charge in [0, 0.05) is 26.2 Å². The summed E-state index contributed by atoms with van der Waals surface area (Å²) in [4.78, 5) is 10.0. The predicted molar refractivity (Wildman–Crippen MR) is 131 cm³/mol. The molecule has 1 atom stereocenters. The van der Waals surface area contributed by atoms with E-state index in [4.69, 9.17) is 4.99 Å². The zero-order chi connectivity index (χ0) is 18.9. The van der Waals surface area contributed by atoms with Gasteiger partial charge in [-0.1, -0.05) is 37.3 Å². The van der Waals surface area contributed by atoms with E-state index in [0.29, 0.717) is 0 Å². The summed E-state index contributed by atoms with van der Waals surface area (Å²) in [6.45, 7) is 12.4. The van der Waals surface area contributed by atoms with Crippen molar-refractivity contribution in [2.45, 2.75) is 46.0 Å². The average molecular weight is 498 g/mol. The Balaban J connectivity index is 0.00000280. The van der Waals surface area contributed by atoms with Crippen molar-refractivity contribution in [3.05, 3.63) is 35.9 Å². The molecule has 2 fully saturated rings. The molecular weight excluding hydrogens is 459 g/mol. The quantitative estimate of drug-likeness (QED) is 0.347. The summed E-state index contributed by atoms with van der Waals surface area (Å²) in [6, 6.07) is 10.9. The average Bonchev–Trinajstić information content (AvgIpc) is 3.17. The third kappa shape index (κ3) is 7.21. The molecule has 0 spiro atoms. The first-order valence-corrected chi connectivity index (χ1v) is 11.1. The van der Waals surface area contributed by atoms with Crippen LogP contribution in [0.4, 0.5) is 0 Å². The number of guanidine groups is 1. The molecule has 5 heteroatoms. The molecule has 1 aromatic rings. The van der Waals surface area contributed by atoms with Crippen molar-refractivity contribution in [3.63, 3.8) is 0 Å². The fourth-order valence-corrected chi connectivity index (χ4v) is 4.51. The molecule has 0 aliphatic carbocycles. The van der Waals surface area contributed by atoms with Crippen molar-refractivity contribution in [1.82, 2.24) is 15.1 Å². The van der Waals surface area contributed by atoms with E-state index in [2.05, 4.69) is 59.3 Å². The second-order valence-corrected chi connectivity index (χ2v) is 8.19. The molecule has 0 aromatic heterocycles. The van der Waals surface area contributed by atoms with Crippen molar-refractivity contribution < 1.29 is 0 Å². The van der Waals surface area contributed by atoms with Gasteiger partial charge in [0.2, 0.25) is 0 Å². The van der Waals surface area contributed by atoms with Gasteiger partial charge >= 0.3 is 0 Å². The van der Waals surface area contributed by atoms with Gasteiger partial charge in [0.15, 0.2) is 5.96 Å². The normalized spacial score (nSPS) is 21.6. The first-order chi connectivity index (χ1) is 13.3. The lowest BCUT2D eigenvalue weighted by molar-refractivity contribution is 0.188. The number of nitrogens with zero attached hydrogens (tertiary/aromatic N) is 3. The van der Waals surface area contributed by atoms with Crippen molar-refractivity contribution in [2.24, 2.45) is 16.8 Å². The summed E-state index contributed by atoms with van der Waals surface area (Å²) in [5.74, 6) is 2.75. The predicted octanol–water partition coefficient (Wildman–Crippen LogP) is 4.26. The number of halogens is 1. The molecule has 1 N–H and O–H groups in total. The maximum atomic E-state index is 4.99. The third-order valence-electron chi connectivity index (χ3n) is 6.24. The largest absolute Gasteiger partial charge is 0.357 e. The van der Waals surface area contributed by atoms with Crippen LogP contribution in [0, 0.1) is 11.8 Å². The summed E-state index contributed by atoms with van der Waals surface area (Å²) < 4.78 is 0. The van der Waals surface area contributed by atoms with Crippen LogP contribution in [-0.4, -0.2) is 61.6 Å². The lowest BCUT2D eigenvalue weighted by Crippen LogP contribution is -2.40. The molecule has 0 amide bonds. The number of hydrogen-bond donors (Lipinski definition) is 1. The first kappa shape index (κ1) is 23.5. The van der Waals surface area contributed by atoms with Crippen LogP contribution in [0.2, 0.25) is 0 Å². The molecular formula is C23H39IN4. The number of piperidine rings is 1.